The fourth-order valence-electron chi connectivity index (χ4n) is 1.70. The van der Waals surface area contributed by atoms with Crippen molar-refractivity contribution < 1.29 is 9.53 Å². The maximum absolute atomic E-state index is 11.6. The van der Waals surface area contributed by atoms with Crippen LogP contribution >= 0.6 is 0 Å². The molecule has 0 spiro atoms. The first kappa shape index (κ1) is 14.6. The number of hydrogen-bond acceptors (Lipinski definition) is 2. The maximum atomic E-state index is 11.6. The Kier molecular flexibility index (Phi) is 4.82. The Labute approximate surface area is 109 Å². The van der Waals surface area contributed by atoms with Crippen LogP contribution in [0.5, 0.6) is 0 Å². The van der Waals surface area contributed by atoms with Crippen LogP contribution in [0.25, 0.3) is 0 Å². The van der Waals surface area contributed by atoms with Gasteiger partial charge in [0.05, 0.1) is 0 Å². The van der Waals surface area contributed by atoms with Crippen molar-refractivity contribution in [1.82, 2.24) is 9.88 Å². The quantitative estimate of drug-likeness (QED) is 0.895. The standard InChI is InChI=1S/C14H24N2O2/c1-11(15-13(17)18-14(2,3)4)8-9-12-7-6-10-16(12)5/h6-7,10-11H,8-9H2,1-5H3,(H,15,17)/t11-/m0/s1. The van der Waals surface area contributed by atoms with E-state index in [1.807, 2.05) is 47.0 Å². The zero-order valence-electron chi connectivity index (χ0n) is 12.0. The number of aromatic nitrogens is 1. The van der Waals surface area contributed by atoms with Crippen molar-refractivity contribution in [2.45, 2.75) is 52.2 Å². The van der Waals surface area contributed by atoms with Crippen molar-refractivity contribution in [2.24, 2.45) is 7.05 Å². The van der Waals surface area contributed by atoms with E-state index >= 15 is 0 Å². The number of amides is 1. The van der Waals surface area contributed by atoms with Crippen LogP contribution in [0.1, 0.15) is 39.8 Å². The van der Waals surface area contributed by atoms with Gasteiger partial charge in [-0.15, -0.1) is 0 Å². The van der Waals surface area contributed by atoms with Gasteiger partial charge >= 0.3 is 6.09 Å². The third-order valence-electron chi connectivity index (χ3n) is 2.65. The third-order valence-corrected chi connectivity index (χ3v) is 2.65. The van der Waals surface area contributed by atoms with Gasteiger partial charge in [0, 0.05) is 25.0 Å². The van der Waals surface area contributed by atoms with Gasteiger partial charge in [-0.2, -0.15) is 0 Å². The molecule has 0 fully saturated rings. The number of carbonyl (C=O) groups excluding carboxylic acids is 1. The molecular weight excluding hydrogens is 228 g/mol. The van der Waals surface area contributed by atoms with E-state index in [2.05, 4.69) is 16.0 Å². The SMILES string of the molecule is C[C@@H](CCc1cccn1C)NC(=O)OC(C)(C)C. The number of alkyl carbamates (subject to hydrolysis) is 1. The van der Waals surface area contributed by atoms with Crippen LogP contribution < -0.4 is 5.32 Å². The van der Waals surface area contributed by atoms with Crippen LogP contribution in [-0.2, 0) is 18.2 Å². The summed E-state index contributed by atoms with van der Waals surface area (Å²) < 4.78 is 7.31. The second-order valence-electron chi connectivity index (χ2n) is 5.70. The number of carbonyl (C=O) groups is 1. The maximum Gasteiger partial charge on any atom is 0.407 e. The monoisotopic (exact) mass is 252 g/mol. The minimum absolute atomic E-state index is 0.106. The Bertz CT molecular complexity index is 391. The first-order chi connectivity index (χ1) is 8.28. The van der Waals surface area contributed by atoms with Crippen LogP contribution in [0.3, 0.4) is 0 Å². The van der Waals surface area contributed by atoms with Crippen LogP contribution in [0.2, 0.25) is 0 Å². The lowest BCUT2D eigenvalue weighted by Gasteiger charge is -2.22. The van der Waals surface area contributed by atoms with Crippen molar-refractivity contribution in [3.05, 3.63) is 24.0 Å². The minimum Gasteiger partial charge on any atom is -0.444 e. The molecular formula is C14H24N2O2. The molecule has 0 aromatic carbocycles. The molecule has 1 aromatic rings. The van der Waals surface area contributed by atoms with Crippen molar-refractivity contribution in [3.8, 4) is 0 Å². The van der Waals surface area contributed by atoms with E-state index in [4.69, 9.17) is 4.74 Å². The molecule has 0 aliphatic carbocycles. The summed E-state index contributed by atoms with van der Waals surface area (Å²) in [6, 6.07) is 4.23. The molecule has 1 N–H and O–H groups in total. The number of hydrogen-bond donors (Lipinski definition) is 1. The molecule has 0 saturated heterocycles. The molecule has 0 bridgehead atoms. The van der Waals surface area contributed by atoms with Gasteiger partial charge in [-0.1, -0.05) is 0 Å². The highest BCUT2D eigenvalue weighted by Gasteiger charge is 2.17. The van der Waals surface area contributed by atoms with Crippen molar-refractivity contribution in [2.75, 3.05) is 0 Å². The van der Waals surface area contributed by atoms with Crippen LogP contribution in [0.4, 0.5) is 4.79 Å². The summed E-state index contributed by atoms with van der Waals surface area (Å²) in [4.78, 5) is 11.6. The predicted molar refractivity (Wildman–Crippen MR) is 72.6 cm³/mol. The van der Waals surface area contributed by atoms with Crippen molar-refractivity contribution in [3.63, 3.8) is 0 Å². The Balaban J connectivity index is 2.32. The van der Waals surface area contributed by atoms with Crippen LogP contribution in [0.15, 0.2) is 18.3 Å². The normalized spacial score (nSPS) is 13.2. The van der Waals surface area contributed by atoms with Crippen LogP contribution in [-0.4, -0.2) is 22.3 Å². The molecule has 0 unspecified atom stereocenters. The molecule has 4 heteroatoms. The van der Waals surface area contributed by atoms with Crippen molar-refractivity contribution in [1.29, 1.82) is 0 Å². The molecule has 0 saturated carbocycles. The predicted octanol–water partition coefficient (Wildman–Crippen LogP) is 2.87. The Morgan fingerprint density at radius 1 is 1.50 bits per heavy atom. The van der Waals surface area contributed by atoms with Gasteiger partial charge < -0.3 is 14.6 Å². The van der Waals surface area contributed by atoms with E-state index in [1.165, 1.54) is 5.69 Å². The summed E-state index contributed by atoms with van der Waals surface area (Å²) >= 11 is 0. The van der Waals surface area contributed by atoms with Crippen molar-refractivity contribution >= 4 is 6.09 Å². The highest BCUT2D eigenvalue weighted by Crippen LogP contribution is 2.08. The number of aryl methyl sites for hydroxylation is 2. The molecule has 0 aliphatic heterocycles. The lowest BCUT2D eigenvalue weighted by Crippen LogP contribution is -2.37. The number of ether oxygens (including phenoxy) is 1. The van der Waals surface area contributed by atoms with E-state index < -0.39 is 5.60 Å². The second kappa shape index (κ2) is 5.94. The number of rotatable bonds is 4. The zero-order valence-corrected chi connectivity index (χ0v) is 12.0. The largest absolute Gasteiger partial charge is 0.444 e. The Hall–Kier alpha value is -1.45. The fraction of sp³-hybridized carbons (Fsp3) is 0.643. The summed E-state index contributed by atoms with van der Waals surface area (Å²) in [7, 11) is 2.03. The average Bonchev–Trinajstić information content (AvgIpc) is 2.57. The summed E-state index contributed by atoms with van der Waals surface area (Å²) in [5.74, 6) is 0. The molecule has 18 heavy (non-hydrogen) atoms. The third kappa shape index (κ3) is 5.25. The Morgan fingerprint density at radius 3 is 2.67 bits per heavy atom. The van der Waals surface area contributed by atoms with Crippen LogP contribution in [0, 0.1) is 0 Å². The summed E-state index contributed by atoms with van der Waals surface area (Å²) in [6.07, 6.45) is 3.53. The minimum atomic E-state index is -0.443. The van der Waals surface area contributed by atoms with E-state index in [1.54, 1.807) is 0 Å². The van der Waals surface area contributed by atoms with E-state index in [-0.39, 0.29) is 12.1 Å². The van der Waals surface area contributed by atoms with E-state index in [0.29, 0.717) is 0 Å². The summed E-state index contributed by atoms with van der Waals surface area (Å²) in [5.41, 5.74) is 0.829. The summed E-state index contributed by atoms with van der Waals surface area (Å²) in [6.45, 7) is 7.58. The highest BCUT2D eigenvalue weighted by atomic mass is 16.6. The van der Waals surface area contributed by atoms with Gasteiger partial charge in [0.1, 0.15) is 5.60 Å². The fourth-order valence-corrected chi connectivity index (χ4v) is 1.70. The number of nitrogens with one attached hydrogen (secondary N) is 1. The lowest BCUT2D eigenvalue weighted by atomic mass is 10.1. The first-order valence-corrected chi connectivity index (χ1v) is 6.37. The smallest absolute Gasteiger partial charge is 0.407 e. The molecule has 0 aliphatic rings. The van der Waals surface area contributed by atoms with Gasteiger partial charge in [0.15, 0.2) is 0 Å². The summed E-state index contributed by atoms with van der Waals surface area (Å²) in [5, 5.41) is 2.85. The first-order valence-electron chi connectivity index (χ1n) is 6.37. The zero-order chi connectivity index (χ0) is 13.8. The van der Waals surface area contributed by atoms with E-state index in [9.17, 15) is 4.79 Å². The molecule has 1 aromatic heterocycles. The van der Waals surface area contributed by atoms with Gasteiger partial charge in [-0.25, -0.2) is 4.79 Å². The lowest BCUT2D eigenvalue weighted by molar-refractivity contribution is 0.0506. The van der Waals surface area contributed by atoms with Gasteiger partial charge in [0.25, 0.3) is 0 Å². The van der Waals surface area contributed by atoms with Gasteiger partial charge in [-0.3, -0.25) is 0 Å². The molecule has 1 atom stereocenters. The molecule has 102 valence electrons. The molecule has 1 rings (SSSR count). The molecule has 4 nitrogen and oxygen atoms in total. The average molecular weight is 252 g/mol. The number of nitrogens with zero attached hydrogens (tertiary/aromatic N) is 1. The molecule has 1 heterocycles. The van der Waals surface area contributed by atoms with Gasteiger partial charge in [-0.05, 0) is 52.7 Å². The Morgan fingerprint density at radius 2 is 2.17 bits per heavy atom. The highest BCUT2D eigenvalue weighted by molar-refractivity contribution is 5.67. The van der Waals surface area contributed by atoms with E-state index in [0.717, 1.165) is 12.8 Å². The van der Waals surface area contributed by atoms with Gasteiger partial charge in [0.2, 0.25) is 0 Å². The second-order valence-corrected chi connectivity index (χ2v) is 5.70. The topological polar surface area (TPSA) is 43.3 Å². The molecule has 0 radical (unpaired) electrons. The molecule has 1 amide bonds.